The van der Waals surface area contributed by atoms with E-state index in [1.807, 2.05) is 0 Å². The summed E-state index contributed by atoms with van der Waals surface area (Å²) in [7, 11) is 0. The maximum absolute atomic E-state index is 10.8. The largest absolute Gasteiger partial charge is 0.622 e. The molecule has 0 saturated carbocycles. The summed E-state index contributed by atoms with van der Waals surface area (Å²) in [6.45, 7) is 0. The van der Waals surface area contributed by atoms with Crippen molar-refractivity contribution in [3.8, 4) is 0 Å². The molecular formula is C4Al2K2N4O4. The van der Waals surface area contributed by atoms with Crippen LogP contribution >= 0.6 is 0 Å². The Morgan fingerprint density at radius 2 is 1.06 bits per heavy atom. The summed E-state index contributed by atoms with van der Waals surface area (Å²) in [6, 6.07) is 0. The SMILES string of the molecule is O=C([O][Al])c1nnc(C(=O)[O][Al])nn1.[K].[K]. The third-order valence-electron chi connectivity index (χ3n) is 1.06. The Morgan fingerprint density at radius 3 is 1.25 bits per heavy atom. The van der Waals surface area contributed by atoms with E-state index in [-0.39, 0.29) is 114 Å². The molecule has 0 N–H and O–H groups in total. The molecule has 0 unspecified atom stereocenters. The van der Waals surface area contributed by atoms with Gasteiger partial charge in [-0.25, -0.2) is 9.59 Å². The Hall–Kier alpha value is 2.22. The average molecular weight is 300 g/mol. The van der Waals surface area contributed by atoms with Gasteiger partial charge >= 0.3 is 45.2 Å². The molecule has 0 aliphatic rings. The van der Waals surface area contributed by atoms with Gasteiger partial charge in [-0.05, 0) is 0 Å². The molecule has 68 valence electrons. The van der Waals surface area contributed by atoms with Crippen molar-refractivity contribution in [3.63, 3.8) is 0 Å². The number of aromatic nitrogens is 4. The van der Waals surface area contributed by atoms with Crippen LogP contribution in [0.25, 0.3) is 0 Å². The van der Waals surface area contributed by atoms with Crippen molar-refractivity contribution in [2.75, 3.05) is 0 Å². The van der Waals surface area contributed by atoms with Crippen LogP contribution in [0.5, 0.6) is 0 Å². The first kappa shape index (κ1) is 20.5. The zero-order chi connectivity index (χ0) is 10.6. The molecule has 0 amide bonds. The molecular weight excluding hydrogens is 300 g/mol. The number of hydrogen-bond donors (Lipinski definition) is 0. The maximum Gasteiger partial charge on any atom is 0.485 e. The fourth-order valence-corrected chi connectivity index (χ4v) is 0.709. The van der Waals surface area contributed by atoms with Crippen molar-refractivity contribution in [2.45, 2.75) is 0 Å². The van der Waals surface area contributed by atoms with Crippen molar-refractivity contribution in [2.24, 2.45) is 0 Å². The molecule has 6 radical (unpaired) electrons. The molecule has 0 aliphatic carbocycles. The third-order valence-corrected chi connectivity index (χ3v) is 1.49. The Labute approximate surface area is 192 Å². The van der Waals surface area contributed by atoms with Gasteiger partial charge in [-0.2, -0.15) is 0 Å². The first-order chi connectivity index (χ1) is 6.69. The second-order valence-electron chi connectivity index (χ2n) is 1.86. The summed E-state index contributed by atoms with van der Waals surface area (Å²) < 4.78 is 8.43. The predicted octanol–water partition coefficient (Wildman–Crippen LogP) is -3.01. The zero-order valence-corrected chi connectivity index (χ0v) is 17.1. The van der Waals surface area contributed by atoms with E-state index in [2.05, 4.69) is 28.0 Å². The Bertz CT molecular complexity index is 329. The minimum atomic E-state index is -0.819. The van der Waals surface area contributed by atoms with Crippen LogP contribution in [0.4, 0.5) is 0 Å². The van der Waals surface area contributed by atoms with Crippen LogP contribution in [0.3, 0.4) is 0 Å². The molecule has 1 aromatic heterocycles. The van der Waals surface area contributed by atoms with Gasteiger partial charge in [0.05, 0.1) is 0 Å². The Morgan fingerprint density at radius 1 is 0.812 bits per heavy atom. The van der Waals surface area contributed by atoms with Gasteiger partial charge in [0.2, 0.25) is 0 Å². The monoisotopic (exact) mass is 300 g/mol. The minimum absolute atomic E-state index is 0. The molecule has 12 heteroatoms. The number of nitrogens with zero attached hydrogens (tertiary/aromatic N) is 4. The standard InChI is InChI=1S/C4H2N4O4.2Al.2K/c9-3(10)1-5-7-2(4(11)12)8-6-1;;;;/h(H,9,10)(H,11,12);;;;/q;2*+1;;/p-2. The van der Waals surface area contributed by atoms with E-state index in [9.17, 15) is 9.59 Å². The molecule has 0 fully saturated rings. The molecule has 0 spiro atoms. The number of hydrogen-bond acceptors (Lipinski definition) is 8. The second-order valence-corrected chi connectivity index (χ2v) is 2.33. The summed E-state index contributed by atoms with van der Waals surface area (Å²) >= 11 is 3.45. The average Bonchev–Trinajstić information content (AvgIpc) is 2.27. The van der Waals surface area contributed by atoms with Gasteiger partial charge in [-0.1, -0.05) is 0 Å². The summed E-state index contributed by atoms with van der Waals surface area (Å²) in [5.74, 6) is -2.33. The fraction of sp³-hybridized carbons (Fsp3) is 0. The van der Waals surface area contributed by atoms with E-state index < -0.39 is 11.9 Å². The normalized spacial score (nSPS) is 8.00. The summed E-state index contributed by atoms with van der Waals surface area (Å²) in [5.41, 5.74) is 0. The molecule has 1 rings (SSSR count). The summed E-state index contributed by atoms with van der Waals surface area (Å²) in [6.07, 6.45) is 0. The third kappa shape index (κ3) is 6.40. The Kier molecular flexibility index (Phi) is 14.2. The van der Waals surface area contributed by atoms with Crippen LogP contribution in [0.1, 0.15) is 21.2 Å². The molecule has 0 saturated heterocycles. The maximum atomic E-state index is 10.8. The second kappa shape index (κ2) is 11.1. The van der Waals surface area contributed by atoms with E-state index in [0.29, 0.717) is 0 Å². The molecule has 1 aromatic rings. The first-order valence-corrected chi connectivity index (χ1v) is 4.03. The van der Waals surface area contributed by atoms with Crippen molar-refractivity contribution < 1.29 is 17.2 Å². The van der Waals surface area contributed by atoms with Gasteiger partial charge in [-0.3, -0.25) is 0 Å². The van der Waals surface area contributed by atoms with E-state index in [0.717, 1.165) is 0 Å². The first-order valence-electron chi connectivity index (χ1n) is 3.08. The van der Waals surface area contributed by atoms with Crippen molar-refractivity contribution in [1.29, 1.82) is 0 Å². The van der Waals surface area contributed by atoms with E-state index in [1.54, 1.807) is 33.2 Å². The topological polar surface area (TPSA) is 104 Å². The number of carbonyl (C=O) groups excluding carboxylic acids is 2. The van der Waals surface area contributed by atoms with Crippen LogP contribution in [0.15, 0.2) is 0 Å². The van der Waals surface area contributed by atoms with Crippen LogP contribution in [0.2, 0.25) is 0 Å². The zero-order valence-electron chi connectivity index (χ0n) is 8.58. The molecule has 16 heavy (non-hydrogen) atoms. The molecule has 1 heterocycles. The van der Waals surface area contributed by atoms with Crippen LogP contribution in [-0.2, 0) is 7.58 Å². The van der Waals surface area contributed by atoms with Crippen LogP contribution in [0, 0.1) is 0 Å². The van der Waals surface area contributed by atoms with E-state index in [1.165, 1.54) is 0 Å². The molecule has 0 bridgehead atoms. The van der Waals surface area contributed by atoms with Gasteiger partial charge in [0, 0.05) is 103 Å². The molecule has 0 aromatic carbocycles. The number of rotatable bonds is 2. The van der Waals surface area contributed by atoms with Gasteiger partial charge < -0.3 is 7.58 Å². The summed E-state index contributed by atoms with van der Waals surface area (Å²) in [4.78, 5) is 21.6. The molecule has 8 nitrogen and oxygen atoms in total. The van der Waals surface area contributed by atoms with Gasteiger partial charge in [-0.15, -0.1) is 20.4 Å². The minimum Gasteiger partial charge on any atom is -0.622 e. The number of carbonyl (C=O) groups is 2. The van der Waals surface area contributed by atoms with Crippen molar-refractivity contribution in [3.05, 3.63) is 11.6 Å². The summed E-state index contributed by atoms with van der Waals surface area (Å²) in [5, 5.41) is 13.2. The molecule has 0 aliphatic heterocycles. The van der Waals surface area contributed by atoms with E-state index >= 15 is 0 Å². The quantitative estimate of drug-likeness (QED) is 0.532. The van der Waals surface area contributed by atoms with Crippen molar-refractivity contribution >= 4 is 148 Å². The van der Waals surface area contributed by atoms with Crippen LogP contribution in [-0.4, -0.2) is 168 Å². The molecule has 0 atom stereocenters. The van der Waals surface area contributed by atoms with Crippen LogP contribution < -0.4 is 0 Å². The van der Waals surface area contributed by atoms with Crippen molar-refractivity contribution in [1.82, 2.24) is 20.4 Å². The van der Waals surface area contributed by atoms with E-state index in [4.69, 9.17) is 0 Å². The van der Waals surface area contributed by atoms with Gasteiger partial charge in [0.25, 0.3) is 11.6 Å². The smallest absolute Gasteiger partial charge is 0.485 e. The van der Waals surface area contributed by atoms with Gasteiger partial charge in [0.1, 0.15) is 0 Å². The predicted molar refractivity (Wildman–Crippen MR) is 51.5 cm³/mol. The van der Waals surface area contributed by atoms with Gasteiger partial charge in [0.15, 0.2) is 0 Å². The fourth-order valence-electron chi connectivity index (χ4n) is 0.498. The Balaban J connectivity index is 0.